The highest BCUT2D eigenvalue weighted by Gasteiger charge is 2.29. The number of ether oxygens (including phenoxy) is 1. The van der Waals surface area contributed by atoms with Crippen LogP contribution < -0.4 is 10.1 Å². The summed E-state index contributed by atoms with van der Waals surface area (Å²) in [4.78, 5) is 19.6. The molecule has 0 radical (unpaired) electrons. The van der Waals surface area contributed by atoms with E-state index in [1.165, 1.54) is 6.42 Å². The molecule has 122 valence electrons. The molecule has 1 heterocycles. The van der Waals surface area contributed by atoms with Gasteiger partial charge in [-0.3, -0.25) is 10.1 Å². The van der Waals surface area contributed by atoms with E-state index in [4.69, 9.17) is 4.74 Å². The number of hydrogen-bond donors (Lipinski definition) is 1. The molecule has 7 heteroatoms. The maximum Gasteiger partial charge on any atom is 0.372 e. The third-order valence-electron chi connectivity index (χ3n) is 3.81. The summed E-state index contributed by atoms with van der Waals surface area (Å²) < 4.78 is 5.60. The molecule has 0 bridgehead atoms. The summed E-state index contributed by atoms with van der Waals surface area (Å²) in [6, 6.07) is 0. The first-order valence-corrected chi connectivity index (χ1v) is 7.89. The molecule has 1 aliphatic carbocycles. The van der Waals surface area contributed by atoms with Crippen molar-refractivity contribution < 1.29 is 9.66 Å². The number of anilines is 1. The second kappa shape index (κ2) is 7.38. The van der Waals surface area contributed by atoms with Crippen molar-refractivity contribution >= 4 is 11.5 Å². The fourth-order valence-electron chi connectivity index (χ4n) is 2.68. The highest BCUT2D eigenvalue weighted by Crippen LogP contribution is 2.37. The first-order valence-electron chi connectivity index (χ1n) is 7.89. The highest BCUT2D eigenvalue weighted by molar-refractivity contribution is 5.61. The first kappa shape index (κ1) is 16.5. The summed E-state index contributed by atoms with van der Waals surface area (Å²) in [5, 5.41) is 14.2. The van der Waals surface area contributed by atoms with E-state index in [2.05, 4.69) is 15.3 Å². The van der Waals surface area contributed by atoms with Crippen molar-refractivity contribution in [2.45, 2.75) is 51.9 Å². The van der Waals surface area contributed by atoms with Crippen LogP contribution in [0.5, 0.6) is 5.88 Å². The Hall–Kier alpha value is -1.92. The van der Waals surface area contributed by atoms with E-state index < -0.39 is 4.92 Å². The normalized spacial score (nSPS) is 15.8. The largest absolute Gasteiger partial charge is 0.472 e. The van der Waals surface area contributed by atoms with Crippen molar-refractivity contribution in [3.05, 3.63) is 15.9 Å². The summed E-state index contributed by atoms with van der Waals surface area (Å²) >= 11 is 0. The molecule has 0 saturated heterocycles. The van der Waals surface area contributed by atoms with Gasteiger partial charge in [0, 0.05) is 13.0 Å². The van der Waals surface area contributed by atoms with Crippen LogP contribution >= 0.6 is 0 Å². The van der Waals surface area contributed by atoms with Gasteiger partial charge in [0.25, 0.3) is 5.88 Å². The zero-order valence-electron chi connectivity index (χ0n) is 13.5. The summed E-state index contributed by atoms with van der Waals surface area (Å²) in [7, 11) is 1.63. The van der Waals surface area contributed by atoms with E-state index in [0.717, 1.165) is 25.7 Å². The van der Waals surface area contributed by atoms with E-state index in [9.17, 15) is 10.1 Å². The van der Waals surface area contributed by atoms with Crippen molar-refractivity contribution in [1.82, 2.24) is 9.97 Å². The molecule has 0 aromatic carbocycles. The Morgan fingerprint density at radius 1 is 1.32 bits per heavy atom. The number of nitrogens with one attached hydrogen (secondary N) is 1. The van der Waals surface area contributed by atoms with Crippen LogP contribution in [0.1, 0.15) is 57.7 Å². The third-order valence-corrected chi connectivity index (χ3v) is 3.81. The standard InChI is InChI=1S/C15H24N4O3/c1-10(2)9-22-15-12(19(20)21)14(16-3)17-13(18-15)11-7-5-4-6-8-11/h10-11H,4-9H2,1-3H3,(H,16,17,18). The quantitative estimate of drug-likeness (QED) is 0.639. The van der Waals surface area contributed by atoms with Crippen LogP contribution in [-0.2, 0) is 0 Å². The summed E-state index contributed by atoms with van der Waals surface area (Å²) in [5.74, 6) is 1.51. The van der Waals surface area contributed by atoms with Gasteiger partial charge in [0.05, 0.1) is 11.5 Å². The predicted octanol–water partition coefficient (Wildman–Crippen LogP) is 3.51. The topological polar surface area (TPSA) is 90.2 Å². The Morgan fingerprint density at radius 3 is 2.55 bits per heavy atom. The van der Waals surface area contributed by atoms with Crippen molar-refractivity contribution in [3.8, 4) is 5.88 Å². The predicted molar refractivity (Wildman–Crippen MR) is 84.4 cm³/mol. The maximum absolute atomic E-state index is 11.3. The summed E-state index contributed by atoms with van der Waals surface area (Å²) in [6.07, 6.45) is 5.61. The van der Waals surface area contributed by atoms with Crippen LogP contribution in [0.2, 0.25) is 0 Å². The molecule has 1 saturated carbocycles. The van der Waals surface area contributed by atoms with Crippen LogP contribution in [0.3, 0.4) is 0 Å². The Bertz CT molecular complexity index is 528. The summed E-state index contributed by atoms with van der Waals surface area (Å²) in [6.45, 7) is 4.38. The summed E-state index contributed by atoms with van der Waals surface area (Å²) in [5.41, 5.74) is -0.178. The highest BCUT2D eigenvalue weighted by atomic mass is 16.6. The van der Waals surface area contributed by atoms with Gasteiger partial charge in [0.1, 0.15) is 5.82 Å². The molecule has 1 N–H and O–H groups in total. The van der Waals surface area contributed by atoms with Gasteiger partial charge in [0.15, 0.2) is 0 Å². The Balaban J connectivity index is 2.39. The molecule has 0 amide bonds. The molecule has 1 aromatic heterocycles. The van der Waals surface area contributed by atoms with Gasteiger partial charge in [0.2, 0.25) is 5.82 Å². The van der Waals surface area contributed by atoms with Gasteiger partial charge in [-0.2, -0.15) is 4.98 Å². The number of nitro groups is 1. The van der Waals surface area contributed by atoms with E-state index in [-0.39, 0.29) is 29.2 Å². The van der Waals surface area contributed by atoms with Gasteiger partial charge >= 0.3 is 5.69 Å². The lowest BCUT2D eigenvalue weighted by atomic mass is 9.88. The molecule has 0 aliphatic heterocycles. The monoisotopic (exact) mass is 308 g/mol. The molecule has 22 heavy (non-hydrogen) atoms. The van der Waals surface area contributed by atoms with E-state index >= 15 is 0 Å². The Kier molecular flexibility index (Phi) is 5.51. The molecule has 1 aliphatic rings. The number of nitrogens with zero attached hydrogens (tertiary/aromatic N) is 3. The smallest absolute Gasteiger partial charge is 0.372 e. The molecule has 2 rings (SSSR count). The number of hydrogen-bond acceptors (Lipinski definition) is 6. The first-order chi connectivity index (χ1) is 10.5. The van der Waals surface area contributed by atoms with Crippen molar-refractivity contribution in [2.24, 2.45) is 5.92 Å². The van der Waals surface area contributed by atoms with Gasteiger partial charge in [-0.25, -0.2) is 4.98 Å². The number of aromatic nitrogens is 2. The minimum Gasteiger partial charge on any atom is -0.472 e. The molecule has 0 unspecified atom stereocenters. The molecule has 1 fully saturated rings. The molecule has 0 atom stereocenters. The Morgan fingerprint density at radius 2 is 2.00 bits per heavy atom. The van der Waals surface area contributed by atoms with Crippen molar-refractivity contribution in [2.75, 3.05) is 19.0 Å². The maximum atomic E-state index is 11.3. The lowest BCUT2D eigenvalue weighted by Gasteiger charge is -2.21. The van der Waals surface area contributed by atoms with Gasteiger partial charge < -0.3 is 10.1 Å². The fourth-order valence-corrected chi connectivity index (χ4v) is 2.68. The van der Waals surface area contributed by atoms with E-state index in [0.29, 0.717) is 12.4 Å². The molecule has 0 spiro atoms. The lowest BCUT2D eigenvalue weighted by Crippen LogP contribution is -2.15. The van der Waals surface area contributed by atoms with E-state index in [1.54, 1.807) is 7.05 Å². The van der Waals surface area contributed by atoms with Crippen LogP contribution in [0.25, 0.3) is 0 Å². The lowest BCUT2D eigenvalue weighted by molar-refractivity contribution is -0.385. The van der Waals surface area contributed by atoms with Crippen LogP contribution in [0.4, 0.5) is 11.5 Å². The fraction of sp³-hybridized carbons (Fsp3) is 0.733. The molecule has 7 nitrogen and oxygen atoms in total. The average Bonchev–Trinajstić information content (AvgIpc) is 2.52. The average molecular weight is 308 g/mol. The molecular weight excluding hydrogens is 284 g/mol. The zero-order chi connectivity index (χ0) is 16.1. The second-order valence-corrected chi connectivity index (χ2v) is 6.13. The molecular formula is C15H24N4O3. The van der Waals surface area contributed by atoms with Crippen LogP contribution in [-0.4, -0.2) is 28.5 Å². The number of rotatable bonds is 6. The SMILES string of the molecule is CNc1nc(C2CCCCC2)nc(OCC(C)C)c1[N+](=O)[O-]. The minimum atomic E-state index is -0.480. The van der Waals surface area contributed by atoms with Gasteiger partial charge in [-0.05, 0) is 18.8 Å². The zero-order valence-corrected chi connectivity index (χ0v) is 13.5. The van der Waals surface area contributed by atoms with E-state index in [1.807, 2.05) is 13.8 Å². The van der Waals surface area contributed by atoms with Crippen LogP contribution in [0, 0.1) is 16.0 Å². The van der Waals surface area contributed by atoms with Gasteiger partial charge in [-0.15, -0.1) is 0 Å². The minimum absolute atomic E-state index is 0.0821. The van der Waals surface area contributed by atoms with Crippen molar-refractivity contribution in [1.29, 1.82) is 0 Å². The Labute approximate surface area is 130 Å². The third kappa shape index (κ3) is 3.84. The van der Waals surface area contributed by atoms with Gasteiger partial charge in [-0.1, -0.05) is 33.1 Å². The second-order valence-electron chi connectivity index (χ2n) is 6.13. The van der Waals surface area contributed by atoms with Crippen molar-refractivity contribution in [3.63, 3.8) is 0 Å². The van der Waals surface area contributed by atoms with Crippen LogP contribution in [0.15, 0.2) is 0 Å². The molecule has 1 aromatic rings.